The molecule has 0 saturated carbocycles. The minimum atomic E-state index is -0.527. The van der Waals surface area contributed by atoms with E-state index in [1.807, 2.05) is 44.2 Å². The highest BCUT2D eigenvalue weighted by molar-refractivity contribution is 6.00. The second-order valence-corrected chi connectivity index (χ2v) is 12.8. The fourth-order valence-corrected chi connectivity index (χ4v) is 5.70. The Labute approximate surface area is 289 Å². The van der Waals surface area contributed by atoms with Gasteiger partial charge in [-0.15, -0.1) is 0 Å². The topological polar surface area (TPSA) is 130 Å². The molecule has 0 unspecified atom stereocenters. The van der Waals surface area contributed by atoms with Crippen LogP contribution in [0.4, 0.5) is 16.2 Å². The number of urea groups is 1. The number of rotatable bonds is 9. The van der Waals surface area contributed by atoms with Gasteiger partial charge < -0.3 is 39.8 Å². The summed E-state index contributed by atoms with van der Waals surface area (Å²) in [4.78, 5) is 43.6. The molecule has 0 fully saturated rings. The molecule has 1 heterocycles. The SMILES string of the molecule is COc1ccc(NC(=O)N(C)C[C@@H]2OCCCC[C@@H](C)Oc3ccc(NC(=O)Cc4ccccc4)cc3C(=O)N([C@@H](C)CO)C[C@@H]2C)cc1. The second kappa shape index (κ2) is 18.2. The predicted molar refractivity (Wildman–Crippen MR) is 190 cm³/mol. The van der Waals surface area contributed by atoms with Crippen LogP contribution < -0.4 is 20.1 Å². The van der Waals surface area contributed by atoms with Crippen LogP contribution in [0.5, 0.6) is 11.5 Å². The average molecular weight is 675 g/mol. The first-order valence-electron chi connectivity index (χ1n) is 16.9. The number of nitrogens with one attached hydrogen (secondary N) is 2. The average Bonchev–Trinajstić information content (AvgIpc) is 3.10. The zero-order valence-electron chi connectivity index (χ0n) is 29.2. The summed E-state index contributed by atoms with van der Waals surface area (Å²) in [6.45, 7) is 6.50. The van der Waals surface area contributed by atoms with Gasteiger partial charge in [0, 0.05) is 44.0 Å². The van der Waals surface area contributed by atoms with Crippen molar-refractivity contribution in [3.63, 3.8) is 0 Å². The monoisotopic (exact) mass is 674 g/mol. The lowest BCUT2D eigenvalue weighted by atomic mass is 10.0. The molecule has 0 saturated heterocycles. The Morgan fingerprint density at radius 3 is 2.43 bits per heavy atom. The molecular weight excluding hydrogens is 624 g/mol. The van der Waals surface area contributed by atoms with Crippen molar-refractivity contribution in [1.29, 1.82) is 0 Å². The largest absolute Gasteiger partial charge is 0.497 e. The summed E-state index contributed by atoms with van der Waals surface area (Å²) < 4.78 is 17.9. The molecule has 264 valence electrons. The van der Waals surface area contributed by atoms with Gasteiger partial charge in [0.1, 0.15) is 11.5 Å². The first-order chi connectivity index (χ1) is 23.6. The molecule has 4 rings (SSSR count). The molecule has 4 atom stereocenters. The number of carbonyl (C=O) groups is 3. The Hall–Kier alpha value is -4.61. The molecule has 1 aliphatic rings. The van der Waals surface area contributed by atoms with E-state index in [2.05, 4.69) is 10.6 Å². The van der Waals surface area contributed by atoms with Gasteiger partial charge in [-0.1, -0.05) is 37.3 Å². The molecule has 11 nitrogen and oxygen atoms in total. The molecule has 4 amide bonds. The van der Waals surface area contributed by atoms with E-state index in [9.17, 15) is 19.5 Å². The summed E-state index contributed by atoms with van der Waals surface area (Å²) in [6.07, 6.45) is 2.01. The smallest absolute Gasteiger partial charge is 0.321 e. The van der Waals surface area contributed by atoms with E-state index < -0.39 is 12.1 Å². The fraction of sp³-hybridized carbons (Fsp3) is 0.447. The number of methoxy groups -OCH3 is 1. The van der Waals surface area contributed by atoms with E-state index in [1.54, 1.807) is 73.3 Å². The summed E-state index contributed by atoms with van der Waals surface area (Å²) in [5, 5.41) is 16.1. The van der Waals surface area contributed by atoms with Gasteiger partial charge in [0.2, 0.25) is 5.91 Å². The van der Waals surface area contributed by atoms with Crippen molar-refractivity contribution in [1.82, 2.24) is 9.80 Å². The summed E-state index contributed by atoms with van der Waals surface area (Å²) in [5.41, 5.74) is 2.28. The van der Waals surface area contributed by atoms with Gasteiger partial charge in [-0.2, -0.15) is 0 Å². The maximum absolute atomic E-state index is 14.4. The van der Waals surface area contributed by atoms with Crippen molar-refractivity contribution >= 4 is 29.2 Å². The molecule has 0 radical (unpaired) electrons. The number of amides is 4. The molecule has 3 aromatic carbocycles. The number of nitrogens with zero attached hydrogens (tertiary/aromatic N) is 2. The number of likely N-dealkylation sites (N-methyl/N-ethyl adjacent to an activating group) is 1. The van der Waals surface area contributed by atoms with Gasteiger partial charge in [0.15, 0.2) is 0 Å². The van der Waals surface area contributed by atoms with Crippen LogP contribution in [-0.4, -0.2) is 91.5 Å². The Morgan fingerprint density at radius 2 is 1.73 bits per heavy atom. The standard InChI is InChI=1S/C38H50N4O7/c1-26-23-42(27(2)25-43)37(45)33-22-31(39-36(44)21-29-12-7-6-8-13-29)16-19-34(33)49-28(3)11-9-10-20-48-35(26)24-41(4)38(46)40-30-14-17-32(47-5)18-15-30/h6-8,12-19,22,26-28,35,43H,9-11,20-21,23-25H2,1-5H3,(H,39,44)(H,40,46)/t26-,27-,28+,35-/m0/s1. The van der Waals surface area contributed by atoms with Crippen LogP contribution in [0, 0.1) is 5.92 Å². The van der Waals surface area contributed by atoms with Crippen molar-refractivity contribution in [3.05, 3.63) is 83.9 Å². The first kappa shape index (κ1) is 37.2. The van der Waals surface area contributed by atoms with Crippen molar-refractivity contribution < 1.29 is 33.7 Å². The molecule has 0 bridgehead atoms. The molecular formula is C38H50N4O7. The van der Waals surface area contributed by atoms with Crippen LogP contribution >= 0.6 is 0 Å². The number of hydrogen-bond acceptors (Lipinski definition) is 7. The quantitative estimate of drug-likeness (QED) is 0.260. The normalized spacial score (nSPS) is 19.4. The highest BCUT2D eigenvalue weighted by Crippen LogP contribution is 2.29. The number of aliphatic hydroxyl groups is 1. The van der Waals surface area contributed by atoms with Crippen molar-refractivity contribution in [2.75, 3.05) is 51.1 Å². The van der Waals surface area contributed by atoms with E-state index in [4.69, 9.17) is 14.2 Å². The van der Waals surface area contributed by atoms with Crippen molar-refractivity contribution in [3.8, 4) is 11.5 Å². The van der Waals surface area contributed by atoms with E-state index in [-0.39, 0.29) is 56.0 Å². The maximum atomic E-state index is 14.4. The second-order valence-electron chi connectivity index (χ2n) is 12.8. The maximum Gasteiger partial charge on any atom is 0.321 e. The number of aliphatic hydroxyl groups excluding tert-OH is 1. The van der Waals surface area contributed by atoms with E-state index in [1.165, 1.54) is 0 Å². The first-order valence-corrected chi connectivity index (χ1v) is 16.9. The highest BCUT2D eigenvalue weighted by atomic mass is 16.5. The summed E-state index contributed by atoms with van der Waals surface area (Å²) >= 11 is 0. The summed E-state index contributed by atoms with van der Waals surface area (Å²) in [5.74, 6) is 0.353. The minimum absolute atomic E-state index is 0.181. The number of benzene rings is 3. The Bertz CT molecular complexity index is 1520. The van der Waals surface area contributed by atoms with E-state index in [0.29, 0.717) is 35.0 Å². The number of fused-ring (bicyclic) bond motifs is 1. The lowest BCUT2D eigenvalue weighted by Crippen LogP contribution is -2.48. The van der Waals surface area contributed by atoms with Crippen LogP contribution in [-0.2, 0) is 16.0 Å². The van der Waals surface area contributed by atoms with Gasteiger partial charge in [0.05, 0.1) is 44.0 Å². The Balaban J connectivity index is 1.56. The van der Waals surface area contributed by atoms with Crippen LogP contribution in [0.15, 0.2) is 72.8 Å². The molecule has 49 heavy (non-hydrogen) atoms. The third-order valence-corrected chi connectivity index (χ3v) is 8.68. The zero-order valence-corrected chi connectivity index (χ0v) is 29.2. The third-order valence-electron chi connectivity index (χ3n) is 8.68. The Morgan fingerprint density at radius 1 is 1.02 bits per heavy atom. The summed E-state index contributed by atoms with van der Waals surface area (Å²) in [7, 11) is 3.30. The molecule has 11 heteroatoms. The van der Waals surface area contributed by atoms with Crippen LogP contribution in [0.3, 0.4) is 0 Å². The van der Waals surface area contributed by atoms with Gasteiger partial charge in [0.25, 0.3) is 5.91 Å². The number of hydrogen-bond donors (Lipinski definition) is 3. The molecule has 3 aromatic rings. The Kier molecular flexibility index (Phi) is 13.8. The van der Waals surface area contributed by atoms with Crippen LogP contribution in [0.2, 0.25) is 0 Å². The van der Waals surface area contributed by atoms with E-state index in [0.717, 1.165) is 24.8 Å². The molecule has 0 aliphatic carbocycles. The lowest BCUT2D eigenvalue weighted by Gasteiger charge is -2.35. The van der Waals surface area contributed by atoms with E-state index >= 15 is 0 Å². The zero-order chi connectivity index (χ0) is 35.3. The molecule has 0 spiro atoms. The third kappa shape index (κ3) is 11.0. The van der Waals surface area contributed by atoms with Gasteiger partial charge in [-0.05, 0) is 81.1 Å². The number of carbonyl (C=O) groups excluding carboxylic acids is 3. The predicted octanol–water partition coefficient (Wildman–Crippen LogP) is 5.84. The number of ether oxygens (including phenoxy) is 3. The van der Waals surface area contributed by atoms with Gasteiger partial charge in [-0.3, -0.25) is 9.59 Å². The van der Waals surface area contributed by atoms with Crippen LogP contribution in [0.25, 0.3) is 0 Å². The molecule has 0 aromatic heterocycles. The van der Waals surface area contributed by atoms with Crippen molar-refractivity contribution in [2.45, 2.75) is 64.7 Å². The minimum Gasteiger partial charge on any atom is -0.497 e. The van der Waals surface area contributed by atoms with Crippen LogP contribution in [0.1, 0.15) is 56.0 Å². The lowest BCUT2D eigenvalue weighted by molar-refractivity contribution is -0.115. The fourth-order valence-electron chi connectivity index (χ4n) is 5.70. The van der Waals surface area contributed by atoms with Gasteiger partial charge >= 0.3 is 6.03 Å². The van der Waals surface area contributed by atoms with Crippen molar-refractivity contribution in [2.24, 2.45) is 5.92 Å². The van der Waals surface area contributed by atoms with Gasteiger partial charge in [-0.25, -0.2) is 4.79 Å². The summed E-state index contributed by atoms with van der Waals surface area (Å²) in [6, 6.07) is 20.8. The molecule has 1 aliphatic heterocycles. The molecule has 3 N–H and O–H groups in total. The number of anilines is 2. The highest BCUT2D eigenvalue weighted by Gasteiger charge is 2.31.